The Labute approximate surface area is 141 Å². The Morgan fingerprint density at radius 1 is 1.25 bits per heavy atom. The maximum Gasteiger partial charge on any atom is 0.346 e. The summed E-state index contributed by atoms with van der Waals surface area (Å²) in [4.78, 5) is 41.2. The third-order valence-electron chi connectivity index (χ3n) is 3.93. The first kappa shape index (κ1) is 16.1. The summed E-state index contributed by atoms with van der Waals surface area (Å²) in [5.41, 5.74) is 0.483. The van der Waals surface area contributed by atoms with E-state index in [1.54, 1.807) is 38.1 Å². The van der Waals surface area contributed by atoms with Gasteiger partial charge in [0.2, 0.25) is 0 Å². The Hall–Kier alpha value is -2.80. The van der Waals surface area contributed by atoms with Crippen LogP contribution in [0, 0.1) is 6.92 Å². The van der Waals surface area contributed by atoms with Crippen LogP contribution in [0.2, 0.25) is 0 Å². The summed E-state index contributed by atoms with van der Waals surface area (Å²) in [6, 6.07) is 7.97. The zero-order valence-corrected chi connectivity index (χ0v) is 13.8. The molecule has 0 aliphatic carbocycles. The van der Waals surface area contributed by atoms with Crippen LogP contribution in [0.15, 0.2) is 41.5 Å². The molecular weight excluding hydrogens is 328 g/mol. The van der Waals surface area contributed by atoms with Gasteiger partial charge in [-0.15, -0.1) is 11.3 Å². The number of ketones is 1. The second kappa shape index (κ2) is 6.01. The molecule has 7 heteroatoms. The van der Waals surface area contributed by atoms with Gasteiger partial charge in [-0.25, -0.2) is 9.78 Å². The van der Waals surface area contributed by atoms with Gasteiger partial charge in [-0.05, 0) is 19.4 Å². The number of hydrogen-bond donors (Lipinski definition) is 1. The van der Waals surface area contributed by atoms with Crippen LogP contribution in [0.1, 0.15) is 38.6 Å². The first-order valence-electron chi connectivity index (χ1n) is 7.24. The van der Waals surface area contributed by atoms with E-state index in [2.05, 4.69) is 4.98 Å². The Balaban J connectivity index is 2.12. The lowest BCUT2D eigenvalue weighted by Crippen LogP contribution is -2.28. The van der Waals surface area contributed by atoms with E-state index in [4.69, 9.17) is 0 Å². The minimum Gasteiger partial charge on any atom is -0.477 e. The van der Waals surface area contributed by atoms with Crippen molar-refractivity contribution in [2.45, 2.75) is 19.9 Å². The van der Waals surface area contributed by atoms with Crippen molar-refractivity contribution in [3.63, 3.8) is 0 Å². The van der Waals surface area contributed by atoms with E-state index in [1.807, 2.05) is 6.07 Å². The number of carbonyl (C=O) groups excluding carboxylic acids is 1. The lowest BCUT2D eigenvalue weighted by Gasteiger charge is -2.13. The van der Waals surface area contributed by atoms with Gasteiger partial charge in [0.1, 0.15) is 9.71 Å². The highest BCUT2D eigenvalue weighted by molar-refractivity contribution is 7.20. The van der Waals surface area contributed by atoms with Crippen LogP contribution in [0.3, 0.4) is 0 Å². The molecule has 0 saturated heterocycles. The molecule has 1 atom stereocenters. The molecule has 3 rings (SSSR count). The van der Waals surface area contributed by atoms with Crippen LogP contribution >= 0.6 is 11.3 Å². The van der Waals surface area contributed by atoms with Gasteiger partial charge in [0.15, 0.2) is 5.78 Å². The van der Waals surface area contributed by atoms with Crippen molar-refractivity contribution in [2.24, 2.45) is 0 Å². The van der Waals surface area contributed by atoms with Crippen molar-refractivity contribution in [1.82, 2.24) is 9.55 Å². The van der Waals surface area contributed by atoms with Crippen molar-refractivity contribution in [3.05, 3.63) is 63.0 Å². The van der Waals surface area contributed by atoms with Gasteiger partial charge in [0, 0.05) is 5.56 Å². The highest BCUT2D eigenvalue weighted by Crippen LogP contribution is 2.27. The molecule has 0 spiro atoms. The maximum absolute atomic E-state index is 12.7. The molecule has 0 fully saturated rings. The summed E-state index contributed by atoms with van der Waals surface area (Å²) < 4.78 is 1.25. The summed E-state index contributed by atoms with van der Waals surface area (Å²) in [6.07, 6.45) is 1.30. The molecule has 0 amide bonds. The number of benzene rings is 1. The van der Waals surface area contributed by atoms with Crippen molar-refractivity contribution < 1.29 is 14.7 Å². The first-order valence-corrected chi connectivity index (χ1v) is 8.06. The number of aromatic carboxylic acids is 1. The molecule has 1 unspecified atom stereocenters. The summed E-state index contributed by atoms with van der Waals surface area (Å²) in [6.45, 7) is 3.21. The fourth-order valence-electron chi connectivity index (χ4n) is 2.59. The van der Waals surface area contributed by atoms with Gasteiger partial charge in [0.25, 0.3) is 5.56 Å². The first-order chi connectivity index (χ1) is 11.4. The predicted molar refractivity (Wildman–Crippen MR) is 91.1 cm³/mol. The Bertz CT molecular complexity index is 1000. The van der Waals surface area contributed by atoms with Gasteiger partial charge in [0.05, 0.1) is 17.8 Å². The standard InChI is InChI=1S/C17H14N2O4S/c1-9-12-15(24-14(9)17(22)23)18-8-19(16(12)21)10(2)13(20)11-6-4-3-5-7-11/h3-8,10H,1-2H3,(H,22,23). The molecule has 0 bridgehead atoms. The zero-order chi connectivity index (χ0) is 17.4. The fourth-order valence-corrected chi connectivity index (χ4v) is 3.57. The number of fused-ring (bicyclic) bond motifs is 1. The van der Waals surface area contributed by atoms with Crippen LogP contribution in [-0.2, 0) is 0 Å². The molecule has 3 aromatic rings. The van der Waals surface area contributed by atoms with Crippen LogP contribution < -0.4 is 5.56 Å². The summed E-state index contributed by atoms with van der Waals surface area (Å²) >= 11 is 0.962. The number of carbonyl (C=O) groups is 2. The van der Waals surface area contributed by atoms with E-state index >= 15 is 0 Å². The Kier molecular flexibility index (Phi) is 4.02. The quantitative estimate of drug-likeness (QED) is 0.736. The average Bonchev–Trinajstić information content (AvgIpc) is 2.92. The lowest BCUT2D eigenvalue weighted by atomic mass is 10.1. The van der Waals surface area contributed by atoms with E-state index in [-0.39, 0.29) is 16.0 Å². The molecular formula is C17H14N2O4S. The molecule has 6 nitrogen and oxygen atoms in total. The smallest absolute Gasteiger partial charge is 0.346 e. The number of aryl methyl sites for hydroxylation is 1. The molecule has 2 heterocycles. The molecule has 2 aromatic heterocycles. The number of Topliss-reactive ketones (excluding diaryl/α,β-unsaturated/α-hetero) is 1. The number of aromatic nitrogens is 2. The van der Waals surface area contributed by atoms with Crippen molar-refractivity contribution >= 4 is 33.3 Å². The highest BCUT2D eigenvalue weighted by Gasteiger charge is 2.23. The maximum atomic E-state index is 12.7. The van der Waals surface area contributed by atoms with Crippen molar-refractivity contribution in [1.29, 1.82) is 0 Å². The van der Waals surface area contributed by atoms with Gasteiger partial charge in [-0.2, -0.15) is 0 Å². The second-order valence-electron chi connectivity index (χ2n) is 5.40. The van der Waals surface area contributed by atoms with E-state index in [0.29, 0.717) is 16.0 Å². The third-order valence-corrected chi connectivity index (χ3v) is 5.11. The van der Waals surface area contributed by atoms with Gasteiger partial charge >= 0.3 is 5.97 Å². The van der Waals surface area contributed by atoms with Gasteiger partial charge < -0.3 is 5.11 Å². The molecule has 1 N–H and O–H groups in total. The molecule has 122 valence electrons. The monoisotopic (exact) mass is 342 g/mol. The zero-order valence-electron chi connectivity index (χ0n) is 13.0. The summed E-state index contributed by atoms with van der Waals surface area (Å²) in [5.74, 6) is -1.29. The minimum absolute atomic E-state index is 0.0920. The highest BCUT2D eigenvalue weighted by atomic mass is 32.1. The molecule has 0 aliphatic rings. The number of nitrogens with zero attached hydrogens (tertiary/aromatic N) is 2. The van der Waals surface area contributed by atoms with Gasteiger partial charge in [-0.3, -0.25) is 14.2 Å². The van der Waals surface area contributed by atoms with E-state index in [0.717, 1.165) is 11.3 Å². The number of carboxylic acids is 1. The molecule has 0 aliphatic heterocycles. The van der Waals surface area contributed by atoms with Crippen molar-refractivity contribution in [2.75, 3.05) is 0 Å². The third kappa shape index (κ3) is 2.52. The van der Waals surface area contributed by atoms with Crippen LogP contribution in [0.4, 0.5) is 0 Å². The van der Waals surface area contributed by atoms with Crippen molar-refractivity contribution in [3.8, 4) is 0 Å². The van der Waals surface area contributed by atoms with E-state index in [1.165, 1.54) is 10.9 Å². The van der Waals surface area contributed by atoms with Crippen LogP contribution in [-0.4, -0.2) is 26.4 Å². The predicted octanol–water partition coefficient (Wildman–Crippen LogP) is 2.91. The van der Waals surface area contributed by atoms with E-state index in [9.17, 15) is 19.5 Å². The normalized spacial score (nSPS) is 12.2. The number of rotatable bonds is 4. The molecule has 0 radical (unpaired) electrons. The number of thiophene rings is 1. The Morgan fingerprint density at radius 3 is 2.54 bits per heavy atom. The minimum atomic E-state index is -1.09. The van der Waals surface area contributed by atoms with E-state index < -0.39 is 17.6 Å². The molecule has 0 saturated carbocycles. The Morgan fingerprint density at radius 2 is 1.92 bits per heavy atom. The lowest BCUT2D eigenvalue weighted by molar-refractivity contribution is 0.0701. The molecule has 24 heavy (non-hydrogen) atoms. The summed E-state index contributed by atoms with van der Waals surface area (Å²) in [5, 5.41) is 9.45. The van der Waals surface area contributed by atoms with Crippen LogP contribution in [0.25, 0.3) is 10.2 Å². The largest absolute Gasteiger partial charge is 0.477 e. The fraction of sp³-hybridized carbons (Fsp3) is 0.176. The molecule has 1 aromatic carbocycles. The average molecular weight is 342 g/mol. The summed E-state index contributed by atoms with van der Waals surface area (Å²) in [7, 11) is 0. The topological polar surface area (TPSA) is 89.3 Å². The van der Waals surface area contributed by atoms with Crippen LogP contribution in [0.5, 0.6) is 0 Å². The van der Waals surface area contributed by atoms with Gasteiger partial charge in [-0.1, -0.05) is 30.3 Å². The number of hydrogen-bond acceptors (Lipinski definition) is 5. The SMILES string of the molecule is Cc1c(C(=O)O)sc2ncn(C(C)C(=O)c3ccccc3)c(=O)c12. The second-order valence-corrected chi connectivity index (χ2v) is 6.40. The number of carboxylic acid groups (broad SMARTS) is 1.